The zero-order valence-electron chi connectivity index (χ0n) is 16.6. The van der Waals surface area contributed by atoms with Gasteiger partial charge in [0, 0.05) is 24.8 Å². The molecule has 2 amide bonds. The van der Waals surface area contributed by atoms with E-state index in [1.54, 1.807) is 23.1 Å². The Balaban J connectivity index is 1.42. The maximum atomic E-state index is 14.6. The van der Waals surface area contributed by atoms with Crippen LogP contribution in [0.3, 0.4) is 0 Å². The minimum Gasteiger partial charge on any atom is -0.376 e. The summed E-state index contributed by atoms with van der Waals surface area (Å²) >= 11 is 0. The highest BCUT2D eigenvalue weighted by Crippen LogP contribution is 2.25. The highest BCUT2D eigenvalue weighted by Gasteiger charge is 2.22. The molecule has 9 heteroatoms. The summed E-state index contributed by atoms with van der Waals surface area (Å²) in [6.07, 6.45) is 5.83. The number of nitrogens with zero attached hydrogens (tertiary/aromatic N) is 4. The first-order valence-electron chi connectivity index (χ1n) is 10.3. The molecule has 0 unspecified atom stereocenters. The number of benzene rings is 1. The smallest absolute Gasteiger partial charge is 0.357 e. The molecular formula is C21H24FN6O2+. The number of likely N-dealkylation sites (tertiary alicyclic amines) is 1. The van der Waals surface area contributed by atoms with Crippen molar-refractivity contribution in [3.8, 4) is 11.3 Å². The van der Waals surface area contributed by atoms with Gasteiger partial charge >= 0.3 is 11.8 Å². The van der Waals surface area contributed by atoms with Crippen molar-refractivity contribution in [2.24, 2.45) is 0 Å². The molecule has 30 heavy (non-hydrogen) atoms. The number of fused-ring (bicyclic) bond motifs is 1. The first-order chi connectivity index (χ1) is 14.7. The summed E-state index contributed by atoms with van der Waals surface area (Å²) in [6.45, 7) is 4.53. The Morgan fingerprint density at radius 2 is 1.97 bits per heavy atom. The number of amides is 2. The lowest BCUT2D eigenvalue weighted by molar-refractivity contribution is -0.499. The normalized spacial score (nSPS) is 17.0. The first kappa shape index (κ1) is 18.8. The lowest BCUT2D eigenvalue weighted by Gasteiger charge is -2.23. The van der Waals surface area contributed by atoms with Gasteiger partial charge < -0.3 is 19.9 Å². The topological polar surface area (TPSA) is 77.6 Å². The van der Waals surface area contributed by atoms with Gasteiger partial charge in [-0.1, -0.05) is 0 Å². The van der Waals surface area contributed by atoms with Crippen LogP contribution in [-0.2, 0) is 4.74 Å². The summed E-state index contributed by atoms with van der Waals surface area (Å²) < 4.78 is 22.0. The van der Waals surface area contributed by atoms with Gasteiger partial charge in [0.25, 0.3) is 0 Å². The van der Waals surface area contributed by atoms with E-state index in [4.69, 9.17) is 4.74 Å². The molecular weight excluding hydrogens is 387 g/mol. The molecule has 2 aliphatic rings. The molecule has 0 saturated carbocycles. The summed E-state index contributed by atoms with van der Waals surface area (Å²) in [5, 5.41) is 2.87. The van der Waals surface area contributed by atoms with Crippen molar-refractivity contribution < 1.29 is 18.3 Å². The zero-order chi connectivity index (χ0) is 20.5. The van der Waals surface area contributed by atoms with Gasteiger partial charge in [-0.2, -0.15) is 4.40 Å². The molecule has 1 aromatic carbocycles. The average molecular weight is 411 g/mol. The van der Waals surface area contributed by atoms with Crippen molar-refractivity contribution in [2.75, 3.05) is 49.6 Å². The largest absolute Gasteiger partial charge is 0.376 e. The van der Waals surface area contributed by atoms with Gasteiger partial charge in [-0.25, -0.2) is 9.18 Å². The molecule has 4 heterocycles. The number of rotatable bonds is 3. The van der Waals surface area contributed by atoms with Crippen molar-refractivity contribution >= 4 is 23.3 Å². The number of nitrogens with one attached hydrogen (secondary N) is 2. The fourth-order valence-electron chi connectivity index (χ4n) is 4.01. The molecule has 2 aromatic heterocycles. The van der Waals surface area contributed by atoms with Crippen LogP contribution in [0.2, 0.25) is 0 Å². The van der Waals surface area contributed by atoms with Gasteiger partial charge in [0.2, 0.25) is 5.82 Å². The molecule has 2 saturated heterocycles. The van der Waals surface area contributed by atoms with Crippen LogP contribution >= 0.6 is 0 Å². The number of carbonyl (C=O) groups excluding carboxylic acids is 1. The monoisotopic (exact) mass is 411 g/mol. The summed E-state index contributed by atoms with van der Waals surface area (Å²) in [5.41, 5.74) is 1.40. The van der Waals surface area contributed by atoms with Crippen LogP contribution < -0.4 is 14.6 Å². The van der Waals surface area contributed by atoms with Gasteiger partial charge in [-0.3, -0.25) is 4.98 Å². The second-order valence-corrected chi connectivity index (χ2v) is 7.57. The quantitative estimate of drug-likeness (QED) is 0.649. The fourth-order valence-corrected chi connectivity index (χ4v) is 4.01. The van der Waals surface area contributed by atoms with Crippen LogP contribution in [0.5, 0.6) is 0 Å². The molecule has 156 valence electrons. The maximum absolute atomic E-state index is 14.6. The second kappa shape index (κ2) is 7.91. The van der Waals surface area contributed by atoms with E-state index in [2.05, 4.69) is 20.2 Å². The molecule has 8 nitrogen and oxygen atoms in total. The molecule has 2 fully saturated rings. The third-order valence-corrected chi connectivity index (χ3v) is 5.64. The minimum absolute atomic E-state index is 0.149. The Bertz CT molecular complexity index is 1070. The number of H-pyrrole nitrogens is 1. The van der Waals surface area contributed by atoms with Gasteiger partial charge in [0.1, 0.15) is 17.7 Å². The van der Waals surface area contributed by atoms with Gasteiger partial charge in [-0.15, -0.1) is 4.98 Å². The predicted octanol–water partition coefficient (Wildman–Crippen LogP) is 2.42. The van der Waals surface area contributed by atoms with Crippen LogP contribution in [0.1, 0.15) is 12.8 Å². The Kier molecular flexibility index (Phi) is 4.96. The third-order valence-electron chi connectivity index (χ3n) is 5.64. The van der Waals surface area contributed by atoms with Gasteiger partial charge in [-0.05, 0) is 31.0 Å². The molecule has 0 radical (unpaired) electrons. The minimum atomic E-state index is -0.383. The average Bonchev–Trinajstić information content (AvgIpc) is 3.45. The number of ether oxygens (including phenoxy) is 1. The first-order valence-corrected chi connectivity index (χ1v) is 10.3. The number of morpholine rings is 1. The molecule has 5 rings (SSSR count). The Morgan fingerprint density at radius 1 is 1.17 bits per heavy atom. The van der Waals surface area contributed by atoms with E-state index >= 15 is 0 Å². The molecule has 0 spiro atoms. The SMILES string of the molecule is O=C(Nc1ccc(F)c(-c2cc[n+]3c(N4CCOCC4)c[nH]c3n2)c1)N1CCCC1. The van der Waals surface area contributed by atoms with Gasteiger partial charge in [0.15, 0.2) is 0 Å². The maximum Gasteiger partial charge on any atom is 0.357 e. The second-order valence-electron chi connectivity index (χ2n) is 7.57. The van der Waals surface area contributed by atoms with E-state index in [1.807, 2.05) is 16.8 Å². The number of aromatic amines is 1. The fraction of sp³-hybridized carbons (Fsp3) is 0.381. The number of aromatic nitrogens is 3. The van der Waals surface area contributed by atoms with Crippen LogP contribution in [-0.4, -0.2) is 60.3 Å². The van der Waals surface area contributed by atoms with Crippen LogP contribution in [0.4, 0.5) is 20.7 Å². The van der Waals surface area contributed by atoms with E-state index < -0.39 is 0 Å². The van der Waals surface area contributed by atoms with Crippen molar-refractivity contribution in [3.63, 3.8) is 0 Å². The number of hydrogen-bond acceptors (Lipinski definition) is 4. The van der Waals surface area contributed by atoms with Gasteiger partial charge in [0.05, 0.1) is 38.1 Å². The van der Waals surface area contributed by atoms with Crippen molar-refractivity contribution in [2.45, 2.75) is 12.8 Å². The predicted molar refractivity (Wildman–Crippen MR) is 110 cm³/mol. The molecule has 2 aliphatic heterocycles. The Hall–Kier alpha value is -3.20. The lowest BCUT2D eigenvalue weighted by atomic mass is 10.1. The highest BCUT2D eigenvalue weighted by atomic mass is 19.1. The number of carbonyl (C=O) groups is 1. The zero-order valence-corrected chi connectivity index (χ0v) is 16.6. The number of hydrogen-bond donors (Lipinski definition) is 2. The number of halogens is 1. The number of imidazole rings is 1. The molecule has 2 N–H and O–H groups in total. The summed E-state index contributed by atoms with van der Waals surface area (Å²) in [5.74, 6) is 1.24. The van der Waals surface area contributed by atoms with E-state index in [0.29, 0.717) is 35.9 Å². The van der Waals surface area contributed by atoms with Crippen LogP contribution in [0, 0.1) is 5.82 Å². The molecule has 0 aliphatic carbocycles. The standard InChI is InChI=1S/C21H23FN6O2/c22-17-4-3-15(24-21(29)27-6-1-2-7-27)13-16(17)18-5-8-28-19(14-23-20(28)25-18)26-9-11-30-12-10-26/h3-5,8,13-14H,1-2,6-7,9-12H2,(H,24,29)/p+1. The van der Waals surface area contributed by atoms with E-state index in [-0.39, 0.29) is 11.8 Å². The van der Waals surface area contributed by atoms with Crippen LogP contribution in [0.25, 0.3) is 17.0 Å². The summed E-state index contributed by atoms with van der Waals surface area (Å²) in [7, 11) is 0. The van der Waals surface area contributed by atoms with Crippen molar-refractivity contribution in [3.05, 3.63) is 42.5 Å². The van der Waals surface area contributed by atoms with Crippen molar-refractivity contribution in [1.29, 1.82) is 0 Å². The Labute approximate surface area is 173 Å². The third kappa shape index (κ3) is 3.56. The Morgan fingerprint density at radius 3 is 2.77 bits per heavy atom. The summed E-state index contributed by atoms with van der Waals surface area (Å²) in [6, 6.07) is 6.21. The number of urea groups is 1. The lowest BCUT2D eigenvalue weighted by Crippen LogP contribution is -2.41. The van der Waals surface area contributed by atoms with Crippen molar-refractivity contribution in [1.82, 2.24) is 14.9 Å². The summed E-state index contributed by atoms with van der Waals surface area (Å²) in [4.78, 5) is 24.1. The highest BCUT2D eigenvalue weighted by molar-refractivity contribution is 5.90. The van der Waals surface area contributed by atoms with E-state index in [9.17, 15) is 9.18 Å². The van der Waals surface area contributed by atoms with E-state index in [0.717, 1.165) is 44.8 Å². The van der Waals surface area contributed by atoms with Crippen LogP contribution in [0.15, 0.2) is 36.7 Å². The molecule has 0 atom stereocenters. The molecule has 3 aromatic rings. The number of anilines is 2. The van der Waals surface area contributed by atoms with E-state index in [1.165, 1.54) is 6.07 Å². The molecule has 0 bridgehead atoms.